The number of nitro groups is 1. The summed E-state index contributed by atoms with van der Waals surface area (Å²) in [7, 11) is -1.08. The van der Waals surface area contributed by atoms with Gasteiger partial charge in [-0.2, -0.15) is 4.31 Å². The van der Waals surface area contributed by atoms with Crippen molar-refractivity contribution in [1.82, 2.24) is 19.8 Å². The lowest BCUT2D eigenvalue weighted by Crippen LogP contribution is -2.53. The van der Waals surface area contributed by atoms with E-state index in [1.165, 1.54) is 4.90 Å². The summed E-state index contributed by atoms with van der Waals surface area (Å²) in [5.74, 6) is -0.221. The quantitative estimate of drug-likeness (QED) is 0.0150. The molecule has 1 saturated heterocycles. The van der Waals surface area contributed by atoms with Crippen LogP contribution in [-0.2, 0) is 46.7 Å². The van der Waals surface area contributed by atoms with Gasteiger partial charge in [-0.1, -0.05) is 83.1 Å². The number of ketones is 1. The van der Waals surface area contributed by atoms with Crippen LogP contribution in [-0.4, -0.2) is 130 Å². The number of nitrogens with one attached hydrogen (secondary N) is 2. The molecular weight excluding hydrogens is 999 g/mol. The number of likely N-dealkylation sites (tertiary alicyclic amines) is 1. The zero-order valence-corrected chi connectivity index (χ0v) is 45.6. The lowest BCUT2D eigenvalue weighted by atomic mass is 9.84. The molecule has 20 heteroatoms. The number of methoxy groups -OCH3 is 2. The average Bonchev–Trinajstić information content (AvgIpc) is 3.42. The van der Waals surface area contributed by atoms with Gasteiger partial charge in [0, 0.05) is 43.7 Å². The van der Waals surface area contributed by atoms with Crippen molar-refractivity contribution in [2.75, 3.05) is 60.2 Å². The van der Waals surface area contributed by atoms with Crippen LogP contribution >= 0.6 is 0 Å². The molecule has 0 aromatic heterocycles. The Bertz CT molecular complexity index is 2650. The number of sulfonamides is 1. The Morgan fingerprint density at radius 3 is 2.28 bits per heavy atom. The van der Waals surface area contributed by atoms with Gasteiger partial charge in [0.2, 0.25) is 15.8 Å². The molecule has 0 spiro atoms. The first kappa shape index (κ1) is 60.3. The topological polar surface area (TPSA) is 242 Å². The number of amides is 2. The molecule has 414 valence electrons. The Morgan fingerprint density at radius 2 is 1.61 bits per heavy atom. The van der Waals surface area contributed by atoms with E-state index < -0.39 is 68.4 Å². The second-order valence-electron chi connectivity index (χ2n) is 19.9. The van der Waals surface area contributed by atoms with Crippen molar-refractivity contribution in [3.05, 3.63) is 124 Å². The number of Topliss-reactive ketones (excluding diaryl/α,β-unsaturated/α-hetero) is 1. The van der Waals surface area contributed by atoms with Crippen LogP contribution in [0.25, 0.3) is 0 Å². The number of hydrogen-bond donors (Lipinski definition) is 3. The Labute approximate surface area is 446 Å². The fourth-order valence-electron chi connectivity index (χ4n) is 8.63. The number of carbonyl (C=O) groups excluding carboxylic acids is 4. The summed E-state index contributed by atoms with van der Waals surface area (Å²) < 4.78 is 57.5. The van der Waals surface area contributed by atoms with Gasteiger partial charge in [-0.3, -0.25) is 19.7 Å². The van der Waals surface area contributed by atoms with Gasteiger partial charge in [0.1, 0.15) is 24.5 Å². The zero-order chi connectivity index (χ0) is 55.4. The lowest BCUT2D eigenvalue weighted by molar-refractivity contribution is -0.384. The van der Waals surface area contributed by atoms with Crippen LogP contribution < -0.4 is 24.8 Å². The van der Waals surface area contributed by atoms with Gasteiger partial charge in [0.25, 0.3) is 11.6 Å². The number of rotatable bonds is 30. The van der Waals surface area contributed by atoms with Gasteiger partial charge >= 0.3 is 12.1 Å². The molecule has 4 aromatic rings. The van der Waals surface area contributed by atoms with Crippen LogP contribution in [0.3, 0.4) is 0 Å². The van der Waals surface area contributed by atoms with Crippen molar-refractivity contribution in [3.8, 4) is 17.2 Å². The molecule has 5 rings (SSSR count). The Balaban J connectivity index is 1.16. The molecule has 0 radical (unpaired) electrons. The number of benzene rings is 4. The summed E-state index contributed by atoms with van der Waals surface area (Å²) in [5, 5.41) is 28.8. The zero-order valence-electron chi connectivity index (χ0n) is 44.7. The third-order valence-corrected chi connectivity index (χ3v) is 15.2. The fraction of sp³-hybridized carbons (Fsp3) is 0.500. The summed E-state index contributed by atoms with van der Waals surface area (Å²) in [6.07, 6.45) is 0.841. The maximum absolute atomic E-state index is 14.1. The normalized spacial score (nSPS) is 15.1. The summed E-state index contributed by atoms with van der Waals surface area (Å²) in [4.78, 5) is 65.9. The monoisotopic (exact) mass is 1070 g/mol. The van der Waals surface area contributed by atoms with E-state index in [9.17, 15) is 42.8 Å². The molecule has 1 aliphatic heterocycles. The Hall–Kier alpha value is -6.61. The number of piperidine rings is 1. The number of nitrogens with zero attached hydrogens (tertiary/aromatic N) is 3. The van der Waals surface area contributed by atoms with Gasteiger partial charge in [0.15, 0.2) is 11.5 Å². The highest BCUT2D eigenvalue weighted by Crippen LogP contribution is 2.33. The second kappa shape index (κ2) is 29.1. The largest absolute Gasteiger partial charge is 0.493 e. The highest BCUT2D eigenvalue weighted by molar-refractivity contribution is 7.89. The van der Waals surface area contributed by atoms with E-state index in [1.54, 1.807) is 34.1 Å². The van der Waals surface area contributed by atoms with Crippen molar-refractivity contribution < 1.29 is 61.3 Å². The van der Waals surface area contributed by atoms with E-state index in [-0.39, 0.29) is 55.8 Å². The standard InChI is InChI=1S/C56H75N5O14S/c1-8-56(4,5)52(63)53(64)60-31-13-12-20-47(60)54(65)75-49(27-21-41-22-28-50(71-6)51(35-41)72-7)42-18-14-19-44(36-42)73-33-30-57-29-15-32-74-55(66)58-46(34-40-16-10-9-11-17-40)48(62)38-59(37-39(2)3)76(69,70)45-25-23-43(24-26-45)61(67)68/h9-11,14,16-19,22-26,28,35-36,39,46-49,57,62H,8,12-13,15,20-21,27,29-34,37-38H2,1-7H3,(H,58,66)/t46-,47-,48+,49+/m0/s1. The smallest absolute Gasteiger partial charge is 0.407 e. The minimum atomic E-state index is -4.20. The van der Waals surface area contributed by atoms with Crippen LogP contribution in [0.4, 0.5) is 10.5 Å². The van der Waals surface area contributed by atoms with Gasteiger partial charge in [-0.25, -0.2) is 18.0 Å². The maximum atomic E-state index is 14.1. The molecule has 1 aliphatic rings. The van der Waals surface area contributed by atoms with Crippen LogP contribution in [0.1, 0.15) is 95.9 Å². The number of aryl methyl sites for hydroxylation is 1. The number of alkyl carbamates (subject to hydrolysis) is 1. The first-order chi connectivity index (χ1) is 36.3. The Morgan fingerprint density at radius 1 is 0.882 bits per heavy atom. The number of hydrogen-bond acceptors (Lipinski definition) is 15. The number of esters is 1. The molecule has 1 fully saturated rings. The average molecular weight is 1070 g/mol. The van der Waals surface area contributed by atoms with E-state index in [0.29, 0.717) is 80.8 Å². The van der Waals surface area contributed by atoms with Crippen molar-refractivity contribution >= 4 is 39.5 Å². The Kier molecular flexibility index (Phi) is 23.0. The molecule has 1 heterocycles. The van der Waals surface area contributed by atoms with Crippen LogP contribution in [0.2, 0.25) is 0 Å². The molecule has 0 unspecified atom stereocenters. The second-order valence-corrected chi connectivity index (χ2v) is 21.8. The van der Waals surface area contributed by atoms with E-state index in [4.69, 9.17) is 23.7 Å². The number of aliphatic hydroxyl groups excluding tert-OH is 1. The van der Waals surface area contributed by atoms with Gasteiger partial charge in [-0.15, -0.1) is 0 Å². The molecule has 19 nitrogen and oxygen atoms in total. The van der Waals surface area contributed by atoms with Gasteiger partial charge in [-0.05, 0) is 117 Å². The lowest BCUT2D eigenvalue weighted by Gasteiger charge is -2.36. The van der Waals surface area contributed by atoms with E-state index in [0.717, 1.165) is 39.7 Å². The predicted octanol–water partition coefficient (Wildman–Crippen LogP) is 7.62. The maximum Gasteiger partial charge on any atom is 0.407 e. The van der Waals surface area contributed by atoms with E-state index >= 15 is 0 Å². The number of non-ortho nitro benzene ring substituents is 1. The molecule has 4 aromatic carbocycles. The predicted molar refractivity (Wildman–Crippen MR) is 286 cm³/mol. The highest BCUT2D eigenvalue weighted by atomic mass is 32.2. The third-order valence-electron chi connectivity index (χ3n) is 13.3. The molecular formula is C56H75N5O14S. The third kappa shape index (κ3) is 17.5. The first-order valence-corrected chi connectivity index (χ1v) is 27.3. The highest BCUT2D eigenvalue weighted by Gasteiger charge is 2.41. The van der Waals surface area contributed by atoms with Crippen molar-refractivity contribution in [2.45, 2.75) is 115 Å². The summed E-state index contributed by atoms with van der Waals surface area (Å²) in [5.41, 5.74) is 1.27. The van der Waals surface area contributed by atoms with Gasteiger partial charge < -0.3 is 44.3 Å². The molecule has 0 aliphatic carbocycles. The summed E-state index contributed by atoms with van der Waals surface area (Å²) >= 11 is 0. The number of aliphatic hydroxyl groups is 1. The van der Waals surface area contributed by atoms with Crippen LogP contribution in [0, 0.1) is 21.4 Å². The van der Waals surface area contributed by atoms with Crippen molar-refractivity contribution in [1.29, 1.82) is 0 Å². The minimum absolute atomic E-state index is 0.0348. The fourth-order valence-corrected chi connectivity index (χ4v) is 10.2. The molecule has 4 atom stereocenters. The molecule has 0 bridgehead atoms. The van der Waals surface area contributed by atoms with E-state index in [2.05, 4.69) is 10.6 Å². The van der Waals surface area contributed by atoms with Crippen LogP contribution in [0.5, 0.6) is 17.2 Å². The minimum Gasteiger partial charge on any atom is -0.493 e. The van der Waals surface area contributed by atoms with Crippen LogP contribution in [0.15, 0.2) is 102 Å². The number of carbonyl (C=O) groups is 4. The summed E-state index contributed by atoms with van der Waals surface area (Å²) in [6.45, 7) is 10.1. The number of ether oxygens (including phenoxy) is 5. The first-order valence-electron chi connectivity index (χ1n) is 25.9. The van der Waals surface area contributed by atoms with Crippen molar-refractivity contribution in [2.24, 2.45) is 11.3 Å². The van der Waals surface area contributed by atoms with Gasteiger partial charge in [0.05, 0.1) is 42.8 Å². The van der Waals surface area contributed by atoms with E-state index in [1.807, 2.05) is 87.5 Å². The number of nitro benzene ring substituents is 1. The molecule has 3 N–H and O–H groups in total. The SMILES string of the molecule is CCC(C)(C)C(=O)C(=O)N1CCCC[C@H]1C(=O)O[C@H](CCc1ccc(OC)c(OC)c1)c1cccc(OCCNCCCOC(=O)N[C@@H](Cc2ccccc2)[C@H](O)CN(CC(C)C)S(=O)(=O)c2ccc([N+](=O)[O-])cc2)c1. The molecule has 0 saturated carbocycles. The molecule has 2 amide bonds. The molecule has 76 heavy (non-hydrogen) atoms. The summed E-state index contributed by atoms with van der Waals surface area (Å²) in [6, 6.07) is 24.7. The van der Waals surface area contributed by atoms with Crippen molar-refractivity contribution in [3.63, 3.8) is 0 Å².